The second-order valence-electron chi connectivity index (χ2n) is 5.94. The lowest BCUT2D eigenvalue weighted by Crippen LogP contribution is -2.11. The van der Waals surface area contributed by atoms with Gasteiger partial charge in [-0.3, -0.25) is 0 Å². The van der Waals surface area contributed by atoms with Gasteiger partial charge in [-0.15, -0.1) is 10.2 Å². The average molecular weight is 448 g/mol. The zero-order valence-electron chi connectivity index (χ0n) is 15.6. The number of benzene rings is 2. The van der Waals surface area contributed by atoms with Crippen LogP contribution in [0.25, 0.3) is 0 Å². The highest BCUT2D eigenvalue weighted by Crippen LogP contribution is 2.27. The van der Waals surface area contributed by atoms with Crippen molar-refractivity contribution in [2.24, 2.45) is 0 Å². The largest absolute Gasteiger partial charge is 0.497 e. The molecule has 0 aliphatic carbocycles. The van der Waals surface area contributed by atoms with Crippen molar-refractivity contribution in [2.45, 2.75) is 37.4 Å². The van der Waals surface area contributed by atoms with Crippen LogP contribution in [0.3, 0.4) is 0 Å². The molecule has 0 radical (unpaired) electrons. The first kappa shape index (κ1) is 19.8. The average Bonchev–Trinajstić information content (AvgIpc) is 3.11. The Balaban J connectivity index is 1.70. The van der Waals surface area contributed by atoms with Crippen molar-refractivity contribution in [1.29, 1.82) is 0 Å². The van der Waals surface area contributed by atoms with Crippen LogP contribution in [0.2, 0.25) is 0 Å². The van der Waals surface area contributed by atoms with Gasteiger partial charge < -0.3 is 14.0 Å². The molecule has 2 aromatic carbocycles. The van der Waals surface area contributed by atoms with Crippen molar-refractivity contribution in [3.8, 4) is 11.5 Å². The molecular formula is C20H22BrN3O2S. The fourth-order valence-electron chi connectivity index (χ4n) is 2.68. The smallest absolute Gasteiger partial charge is 0.191 e. The summed E-state index contributed by atoms with van der Waals surface area (Å²) in [6.45, 7) is 4.88. The summed E-state index contributed by atoms with van der Waals surface area (Å²) in [7, 11) is 1.68. The Kier molecular flexibility index (Phi) is 6.79. The Labute approximate surface area is 172 Å². The third kappa shape index (κ3) is 5.05. The summed E-state index contributed by atoms with van der Waals surface area (Å²) in [5, 5.41) is 9.65. The van der Waals surface area contributed by atoms with Crippen molar-refractivity contribution in [3.63, 3.8) is 0 Å². The number of hydrogen-bond acceptors (Lipinski definition) is 5. The van der Waals surface area contributed by atoms with Gasteiger partial charge in [0, 0.05) is 16.8 Å². The third-order valence-electron chi connectivity index (χ3n) is 4.05. The van der Waals surface area contributed by atoms with E-state index in [2.05, 4.69) is 43.7 Å². The van der Waals surface area contributed by atoms with Crippen molar-refractivity contribution < 1.29 is 9.47 Å². The van der Waals surface area contributed by atoms with Gasteiger partial charge in [-0.25, -0.2) is 0 Å². The van der Waals surface area contributed by atoms with Gasteiger partial charge in [0.05, 0.1) is 7.11 Å². The van der Waals surface area contributed by atoms with E-state index in [9.17, 15) is 0 Å². The van der Waals surface area contributed by atoms with Crippen LogP contribution in [-0.2, 0) is 12.3 Å². The molecule has 1 aromatic heterocycles. The first-order valence-electron chi connectivity index (χ1n) is 8.71. The minimum absolute atomic E-state index is 0.190. The molecule has 0 spiro atoms. The number of rotatable bonds is 8. The van der Waals surface area contributed by atoms with Gasteiger partial charge in [-0.1, -0.05) is 39.8 Å². The summed E-state index contributed by atoms with van der Waals surface area (Å²) in [5.41, 5.74) is 1.19. The number of methoxy groups -OCH3 is 1. The van der Waals surface area contributed by atoms with Crippen molar-refractivity contribution >= 4 is 27.7 Å². The fourth-order valence-corrected chi connectivity index (χ4v) is 3.90. The van der Waals surface area contributed by atoms with Gasteiger partial charge >= 0.3 is 0 Å². The van der Waals surface area contributed by atoms with E-state index in [0.29, 0.717) is 0 Å². The second-order valence-corrected chi connectivity index (χ2v) is 7.80. The number of thioether (sulfide) groups is 1. The molecule has 1 unspecified atom stereocenters. The van der Waals surface area contributed by atoms with E-state index in [1.54, 1.807) is 18.9 Å². The summed E-state index contributed by atoms with van der Waals surface area (Å²) >= 11 is 5.10. The number of nitrogens with zero attached hydrogens (tertiary/aromatic N) is 3. The van der Waals surface area contributed by atoms with Gasteiger partial charge in [-0.05, 0) is 55.8 Å². The molecule has 0 saturated heterocycles. The first-order chi connectivity index (χ1) is 13.1. The Morgan fingerprint density at radius 1 is 1.11 bits per heavy atom. The molecule has 1 heterocycles. The predicted molar refractivity (Wildman–Crippen MR) is 111 cm³/mol. The van der Waals surface area contributed by atoms with Crippen LogP contribution < -0.4 is 9.47 Å². The molecule has 0 aliphatic heterocycles. The predicted octanol–water partition coefficient (Wildman–Crippen LogP) is 5.50. The monoisotopic (exact) mass is 447 g/mol. The molecule has 1 atom stereocenters. The summed E-state index contributed by atoms with van der Waals surface area (Å²) in [6.07, 6.45) is -0.190. The Morgan fingerprint density at radius 2 is 1.89 bits per heavy atom. The summed E-state index contributed by atoms with van der Waals surface area (Å²) in [6, 6.07) is 15.9. The van der Waals surface area contributed by atoms with E-state index in [1.165, 1.54) is 5.56 Å². The lowest BCUT2D eigenvalue weighted by molar-refractivity contribution is 0.210. The zero-order chi connectivity index (χ0) is 19.2. The minimum atomic E-state index is -0.190. The zero-order valence-corrected chi connectivity index (χ0v) is 18.0. The summed E-state index contributed by atoms with van der Waals surface area (Å²) < 4.78 is 14.5. The normalized spacial score (nSPS) is 12.0. The molecule has 0 bridgehead atoms. The van der Waals surface area contributed by atoms with Crippen LogP contribution in [-0.4, -0.2) is 21.9 Å². The maximum Gasteiger partial charge on any atom is 0.191 e. The molecule has 3 aromatic rings. The highest BCUT2D eigenvalue weighted by Gasteiger charge is 2.18. The Bertz CT molecular complexity index is 883. The fraction of sp³-hybridized carbons (Fsp3) is 0.300. The first-order valence-corrected chi connectivity index (χ1v) is 10.5. The second kappa shape index (κ2) is 9.28. The van der Waals surface area contributed by atoms with Crippen LogP contribution in [0.15, 0.2) is 58.2 Å². The molecule has 0 amide bonds. The Morgan fingerprint density at radius 3 is 2.59 bits per heavy atom. The van der Waals surface area contributed by atoms with Crippen LogP contribution in [0.1, 0.15) is 31.3 Å². The topological polar surface area (TPSA) is 49.2 Å². The number of halogens is 1. The molecule has 5 nitrogen and oxygen atoms in total. The van der Waals surface area contributed by atoms with E-state index in [-0.39, 0.29) is 6.10 Å². The molecule has 3 rings (SSSR count). The van der Waals surface area contributed by atoms with E-state index >= 15 is 0 Å². The van der Waals surface area contributed by atoms with Crippen molar-refractivity contribution in [1.82, 2.24) is 14.8 Å². The third-order valence-corrected chi connectivity index (χ3v) is 5.62. The van der Waals surface area contributed by atoms with Crippen molar-refractivity contribution in [2.75, 3.05) is 7.11 Å². The number of ether oxygens (including phenoxy) is 2. The standard InChI is InChI=1S/C20H22BrN3O2S/c1-4-24-19(14(2)26-17-10-8-16(21)9-11-17)22-23-20(24)27-13-15-6-5-7-18(12-15)25-3/h5-12,14H,4,13H2,1-3H3. The molecule has 27 heavy (non-hydrogen) atoms. The quantitative estimate of drug-likeness (QED) is 0.426. The molecule has 7 heteroatoms. The SMILES string of the molecule is CCn1c(SCc2cccc(OC)c2)nnc1C(C)Oc1ccc(Br)cc1. The van der Waals surface area contributed by atoms with Crippen LogP contribution in [0.5, 0.6) is 11.5 Å². The van der Waals surface area contributed by atoms with Gasteiger partial charge in [0.25, 0.3) is 0 Å². The van der Waals surface area contributed by atoms with Gasteiger partial charge in [0.1, 0.15) is 11.5 Å². The summed E-state index contributed by atoms with van der Waals surface area (Å²) in [4.78, 5) is 0. The van der Waals surface area contributed by atoms with E-state index in [4.69, 9.17) is 9.47 Å². The molecule has 0 fully saturated rings. The highest BCUT2D eigenvalue weighted by atomic mass is 79.9. The van der Waals surface area contributed by atoms with Crippen LogP contribution in [0.4, 0.5) is 0 Å². The minimum Gasteiger partial charge on any atom is -0.497 e. The Hall–Kier alpha value is -1.99. The molecule has 0 aliphatic rings. The van der Waals surface area contributed by atoms with Crippen LogP contribution in [0, 0.1) is 0 Å². The molecule has 0 saturated carbocycles. The van der Waals surface area contributed by atoms with Crippen molar-refractivity contribution in [3.05, 3.63) is 64.4 Å². The maximum absolute atomic E-state index is 6.03. The highest BCUT2D eigenvalue weighted by molar-refractivity contribution is 9.10. The lowest BCUT2D eigenvalue weighted by Gasteiger charge is -2.15. The van der Waals surface area contributed by atoms with Gasteiger partial charge in [-0.2, -0.15) is 0 Å². The van der Waals surface area contributed by atoms with Gasteiger partial charge in [0.2, 0.25) is 0 Å². The van der Waals surface area contributed by atoms with Gasteiger partial charge in [0.15, 0.2) is 17.1 Å². The lowest BCUT2D eigenvalue weighted by atomic mass is 10.2. The molecular weight excluding hydrogens is 426 g/mol. The van der Waals surface area contributed by atoms with Crippen LogP contribution >= 0.6 is 27.7 Å². The number of aromatic nitrogens is 3. The summed E-state index contributed by atoms with van der Waals surface area (Å²) in [5.74, 6) is 3.30. The van der Waals surface area contributed by atoms with E-state index < -0.39 is 0 Å². The molecule has 0 N–H and O–H groups in total. The molecule has 142 valence electrons. The van der Waals surface area contributed by atoms with E-state index in [1.807, 2.05) is 49.4 Å². The maximum atomic E-state index is 6.03. The number of hydrogen-bond donors (Lipinski definition) is 0. The van der Waals surface area contributed by atoms with E-state index in [0.717, 1.165) is 39.3 Å².